The molecule has 2 unspecified atom stereocenters. The molecule has 1 aromatic carbocycles. The van der Waals surface area contributed by atoms with Gasteiger partial charge in [0, 0.05) is 18.5 Å². The van der Waals surface area contributed by atoms with Crippen LogP contribution in [0.3, 0.4) is 0 Å². The van der Waals surface area contributed by atoms with Crippen LogP contribution >= 0.6 is 0 Å². The zero-order chi connectivity index (χ0) is 18.6. The van der Waals surface area contributed by atoms with E-state index in [0.29, 0.717) is 19.5 Å². The first-order chi connectivity index (χ1) is 12.6. The second kappa shape index (κ2) is 8.27. The Morgan fingerprint density at radius 3 is 2.58 bits per heavy atom. The van der Waals surface area contributed by atoms with Crippen molar-refractivity contribution in [2.45, 2.75) is 56.1 Å². The number of ether oxygens (including phenoxy) is 2. The van der Waals surface area contributed by atoms with Crippen LogP contribution in [0.5, 0.6) is 11.5 Å². The van der Waals surface area contributed by atoms with Gasteiger partial charge in [-0.25, -0.2) is 0 Å². The number of carbonyl (C=O) groups excluding carboxylic acids is 1. The molecule has 0 spiro atoms. The SMILES string of the molecule is COc1ccc(C2(CNC(=O)C3CC(O)CN3)CCCCC2)cc1OC. The highest BCUT2D eigenvalue weighted by atomic mass is 16.5. The Balaban J connectivity index is 1.77. The Labute approximate surface area is 155 Å². The number of aliphatic hydroxyl groups is 1. The van der Waals surface area contributed by atoms with E-state index in [1.807, 2.05) is 12.1 Å². The Morgan fingerprint density at radius 1 is 1.23 bits per heavy atom. The second-order valence-corrected chi connectivity index (χ2v) is 7.48. The van der Waals surface area contributed by atoms with Crippen LogP contribution in [0.1, 0.15) is 44.1 Å². The van der Waals surface area contributed by atoms with Crippen molar-refractivity contribution in [2.75, 3.05) is 27.3 Å². The van der Waals surface area contributed by atoms with Gasteiger partial charge in [0.1, 0.15) is 0 Å². The summed E-state index contributed by atoms with van der Waals surface area (Å²) >= 11 is 0. The van der Waals surface area contributed by atoms with Gasteiger partial charge >= 0.3 is 0 Å². The first kappa shape index (κ1) is 19.0. The maximum atomic E-state index is 12.5. The van der Waals surface area contributed by atoms with Crippen molar-refractivity contribution >= 4 is 5.91 Å². The third kappa shape index (κ3) is 3.96. The molecule has 0 bridgehead atoms. The average molecular weight is 362 g/mol. The minimum Gasteiger partial charge on any atom is -0.493 e. The number of β-amino-alcohol motifs (C(OH)–C–C–N with tert-alkyl or cyclic N) is 1. The number of amides is 1. The van der Waals surface area contributed by atoms with Crippen LogP contribution in [0.15, 0.2) is 18.2 Å². The molecule has 1 heterocycles. The van der Waals surface area contributed by atoms with Crippen LogP contribution in [0.4, 0.5) is 0 Å². The van der Waals surface area contributed by atoms with Gasteiger partial charge in [0.2, 0.25) is 5.91 Å². The minimum atomic E-state index is -0.430. The van der Waals surface area contributed by atoms with Crippen molar-refractivity contribution in [1.82, 2.24) is 10.6 Å². The Kier molecular flexibility index (Phi) is 6.04. The Hall–Kier alpha value is -1.79. The number of carbonyl (C=O) groups is 1. The van der Waals surface area contributed by atoms with Crippen molar-refractivity contribution in [2.24, 2.45) is 0 Å². The van der Waals surface area contributed by atoms with E-state index >= 15 is 0 Å². The van der Waals surface area contributed by atoms with Gasteiger partial charge in [-0.05, 0) is 37.0 Å². The predicted octanol–water partition coefficient (Wildman–Crippen LogP) is 1.74. The average Bonchev–Trinajstić information content (AvgIpc) is 3.12. The third-order valence-corrected chi connectivity index (χ3v) is 5.83. The van der Waals surface area contributed by atoms with E-state index in [2.05, 4.69) is 16.7 Å². The molecule has 0 aromatic heterocycles. The molecular formula is C20H30N2O4. The van der Waals surface area contributed by atoms with Crippen LogP contribution in [-0.2, 0) is 10.2 Å². The first-order valence-electron chi connectivity index (χ1n) is 9.49. The van der Waals surface area contributed by atoms with Gasteiger partial charge in [0.05, 0.1) is 26.4 Å². The zero-order valence-corrected chi connectivity index (χ0v) is 15.7. The van der Waals surface area contributed by atoms with E-state index in [-0.39, 0.29) is 17.4 Å². The summed E-state index contributed by atoms with van der Waals surface area (Å²) in [6.45, 7) is 1.09. The molecule has 144 valence electrons. The highest BCUT2D eigenvalue weighted by Crippen LogP contribution is 2.42. The summed E-state index contributed by atoms with van der Waals surface area (Å²) in [7, 11) is 3.28. The first-order valence-corrected chi connectivity index (χ1v) is 9.49. The van der Waals surface area contributed by atoms with Crippen molar-refractivity contribution < 1.29 is 19.4 Å². The van der Waals surface area contributed by atoms with Gasteiger partial charge in [0.15, 0.2) is 11.5 Å². The predicted molar refractivity (Wildman–Crippen MR) is 99.7 cm³/mol. The fourth-order valence-electron chi connectivity index (χ4n) is 4.26. The molecular weight excluding hydrogens is 332 g/mol. The Bertz CT molecular complexity index is 628. The molecule has 1 saturated carbocycles. The summed E-state index contributed by atoms with van der Waals surface area (Å²) in [6.07, 6.45) is 5.69. The van der Waals surface area contributed by atoms with Gasteiger partial charge in [-0.2, -0.15) is 0 Å². The molecule has 0 radical (unpaired) electrons. The van der Waals surface area contributed by atoms with Crippen molar-refractivity contribution in [3.05, 3.63) is 23.8 Å². The number of rotatable bonds is 6. The lowest BCUT2D eigenvalue weighted by molar-refractivity contribution is -0.123. The maximum Gasteiger partial charge on any atom is 0.237 e. The molecule has 1 aliphatic carbocycles. The number of benzene rings is 1. The second-order valence-electron chi connectivity index (χ2n) is 7.48. The lowest BCUT2D eigenvalue weighted by Gasteiger charge is -2.38. The van der Waals surface area contributed by atoms with E-state index in [4.69, 9.17) is 9.47 Å². The number of aliphatic hydroxyl groups excluding tert-OH is 1. The van der Waals surface area contributed by atoms with Gasteiger partial charge in [0.25, 0.3) is 0 Å². The molecule has 1 aliphatic heterocycles. The molecule has 1 saturated heterocycles. The van der Waals surface area contributed by atoms with Crippen LogP contribution in [0.2, 0.25) is 0 Å². The Morgan fingerprint density at radius 2 is 1.96 bits per heavy atom. The molecule has 2 fully saturated rings. The molecule has 2 aliphatic rings. The number of nitrogens with one attached hydrogen (secondary N) is 2. The lowest BCUT2D eigenvalue weighted by atomic mass is 9.69. The molecule has 26 heavy (non-hydrogen) atoms. The monoisotopic (exact) mass is 362 g/mol. The van der Waals surface area contributed by atoms with Crippen molar-refractivity contribution in [1.29, 1.82) is 0 Å². The zero-order valence-electron chi connectivity index (χ0n) is 15.7. The summed E-state index contributed by atoms with van der Waals surface area (Å²) < 4.78 is 10.8. The fourth-order valence-corrected chi connectivity index (χ4v) is 4.26. The molecule has 6 nitrogen and oxygen atoms in total. The third-order valence-electron chi connectivity index (χ3n) is 5.83. The maximum absolute atomic E-state index is 12.5. The summed E-state index contributed by atoms with van der Waals surface area (Å²) in [5.74, 6) is 1.42. The minimum absolute atomic E-state index is 0.0213. The summed E-state index contributed by atoms with van der Waals surface area (Å²) in [4.78, 5) is 12.5. The fraction of sp³-hybridized carbons (Fsp3) is 0.650. The summed E-state index contributed by atoms with van der Waals surface area (Å²) in [5, 5.41) is 15.8. The summed E-state index contributed by atoms with van der Waals surface area (Å²) in [6, 6.07) is 5.79. The van der Waals surface area contributed by atoms with Crippen LogP contribution in [0.25, 0.3) is 0 Å². The van der Waals surface area contributed by atoms with Crippen LogP contribution in [0, 0.1) is 0 Å². The molecule has 2 atom stereocenters. The molecule has 6 heteroatoms. The van der Waals surface area contributed by atoms with E-state index in [1.54, 1.807) is 14.2 Å². The van der Waals surface area contributed by atoms with Gasteiger partial charge in [-0.1, -0.05) is 25.3 Å². The number of hydrogen-bond donors (Lipinski definition) is 3. The van der Waals surface area contributed by atoms with Gasteiger partial charge in [-0.15, -0.1) is 0 Å². The molecule has 3 N–H and O–H groups in total. The van der Waals surface area contributed by atoms with E-state index in [9.17, 15) is 9.90 Å². The molecule has 3 rings (SSSR count). The number of hydrogen-bond acceptors (Lipinski definition) is 5. The molecule has 1 aromatic rings. The number of methoxy groups -OCH3 is 2. The highest BCUT2D eigenvalue weighted by Gasteiger charge is 2.36. The van der Waals surface area contributed by atoms with Crippen LogP contribution in [-0.4, -0.2) is 50.5 Å². The lowest BCUT2D eigenvalue weighted by Crippen LogP contribution is -2.47. The van der Waals surface area contributed by atoms with Gasteiger partial charge in [-0.3, -0.25) is 4.79 Å². The smallest absolute Gasteiger partial charge is 0.237 e. The van der Waals surface area contributed by atoms with Gasteiger partial charge < -0.3 is 25.2 Å². The van der Waals surface area contributed by atoms with Crippen LogP contribution < -0.4 is 20.1 Å². The highest BCUT2D eigenvalue weighted by molar-refractivity contribution is 5.82. The summed E-state index contributed by atoms with van der Waals surface area (Å²) in [5.41, 5.74) is 1.11. The molecule has 1 amide bonds. The topological polar surface area (TPSA) is 79.8 Å². The standard InChI is InChI=1S/C20H30N2O4/c1-25-17-7-6-14(10-18(17)26-2)20(8-4-3-5-9-20)13-22-19(24)16-11-15(23)12-21-16/h6-7,10,15-16,21,23H,3-5,8-9,11-13H2,1-2H3,(H,22,24). The van der Waals surface area contributed by atoms with Crippen molar-refractivity contribution in [3.63, 3.8) is 0 Å². The van der Waals surface area contributed by atoms with E-state index < -0.39 is 6.10 Å². The van der Waals surface area contributed by atoms with E-state index in [0.717, 1.165) is 37.2 Å². The largest absolute Gasteiger partial charge is 0.493 e. The normalized spacial score (nSPS) is 24.9. The van der Waals surface area contributed by atoms with Crippen molar-refractivity contribution in [3.8, 4) is 11.5 Å². The van der Waals surface area contributed by atoms with E-state index in [1.165, 1.54) is 12.0 Å². The quantitative estimate of drug-likeness (QED) is 0.718.